The average molecular weight is 363 g/mol. The first-order valence-corrected chi connectivity index (χ1v) is 9.61. The van der Waals surface area contributed by atoms with Crippen LogP contribution in [0, 0.1) is 0 Å². The third kappa shape index (κ3) is 2.82. The van der Waals surface area contributed by atoms with Crippen LogP contribution in [0.2, 0.25) is 0 Å². The zero-order valence-corrected chi connectivity index (χ0v) is 15.4. The van der Waals surface area contributed by atoms with Crippen molar-refractivity contribution < 1.29 is 8.42 Å². The highest BCUT2D eigenvalue weighted by molar-refractivity contribution is 7.90. The summed E-state index contributed by atoms with van der Waals surface area (Å²) in [5.41, 5.74) is 2.19. The van der Waals surface area contributed by atoms with Crippen LogP contribution >= 0.6 is 11.6 Å². The molecular formula is C18H19ClN2O2S. The Kier molecular flexibility index (Phi) is 4.18. The van der Waals surface area contributed by atoms with Crippen molar-refractivity contribution in [2.75, 3.05) is 0 Å². The van der Waals surface area contributed by atoms with Crippen LogP contribution < -0.4 is 0 Å². The van der Waals surface area contributed by atoms with Crippen molar-refractivity contribution in [3.63, 3.8) is 0 Å². The number of alkyl halides is 1. The van der Waals surface area contributed by atoms with Gasteiger partial charge in [-0.3, -0.25) is 0 Å². The maximum atomic E-state index is 13.1. The summed E-state index contributed by atoms with van der Waals surface area (Å²) < 4.78 is 27.5. The van der Waals surface area contributed by atoms with Gasteiger partial charge in [0.1, 0.15) is 5.82 Å². The van der Waals surface area contributed by atoms with E-state index < -0.39 is 10.0 Å². The summed E-state index contributed by atoms with van der Waals surface area (Å²) in [6.07, 6.45) is 0. The summed E-state index contributed by atoms with van der Waals surface area (Å²) in [7, 11) is -3.76. The molecule has 1 heterocycles. The lowest BCUT2D eigenvalue weighted by atomic mass is 9.87. The van der Waals surface area contributed by atoms with Crippen LogP contribution in [0.15, 0.2) is 53.4 Å². The van der Waals surface area contributed by atoms with Gasteiger partial charge >= 0.3 is 0 Å². The van der Waals surface area contributed by atoms with E-state index in [-0.39, 0.29) is 16.2 Å². The van der Waals surface area contributed by atoms with Crippen molar-refractivity contribution >= 4 is 32.7 Å². The third-order valence-corrected chi connectivity index (χ3v) is 5.96. The zero-order valence-electron chi connectivity index (χ0n) is 13.8. The number of rotatable bonds is 3. The molecular weight excluding hydrogens is 344 g/mol. The minimum atomic E-state index is -3.76. The zero-order chi connectivity index (χ0) is 17.5. The summed E-state index contributed by atoms with van der Waals surface area (Å²) in [5, 5.41) is 0. The Balaban J connectivity index is 2.18. The van der Waals surface area contributed by atoms with Crippen molar-refractivity contribution in [3.05, 3.63) is 59.9 Å². The lowest BCUT2D eigenvalue weighted by molar-refractivity contribution is 0.582. The second-order valence-electron chi connectivity index (χ2n) is 6.69. The quantitative estimate of drug-likeness (QED) is 0.652. The van der Waals surface area contributed by atoms with Crippen molar-refractivity contribution in [2.24, 2.45) is 0 Å². The van der Waals surface area contributed by atoms with E-state index in [1.54, 1.807) is 30.3 Å². The Morgan fingerprint density at radius 3 is 2.25 bits per heavy atom. The lowest BCUT2D eigenvalue weighted by Crippen LogP contribution is -2.16. The first kappa shape index (κ1) is 17.0. The minimum Gasteiger partial charge on any atom is -0.231 e. The molecule has 0 spiro atoms. The van der Waals surface area contributed by atoms with Crippen LogP contribution in [0.25, 0.3) is 11.0 Å². The number of hydrogen-bond acceptors (Lipinski definition) is 3. The van der Waals surface area contributed by atoms with Gasteiger partial charge in [0.15, 0.2) is 0 Å². The SMILES string of the molecule is CC(C)(C)c1ccc(S(=O)(=O)n2c(CCl)nc3ccccc32)cc1. The predicted molar refractivity (Wildman–Crippen MR) is 97.0 cm³/mol. The number of aromatic nitrogens is 2. The van der Waals surface area contributed by atoms with Gasteiger partial charge in [-0.2, -0.15) is 0 Å². The summed E-state index contributed by atoms with van der Waals surface area (Å²) in [5.74, 6) is 0.339. The molecule has 0 aliphatic heterocycles. The van der Waals surface area contributed by atoms with Gasteiger partial charge in [-0.1, -0.05) is 45.0 Å². The summed E-state index contributed by atoms with van der Waals surface area (Å²) in [6.45, 7) is 6.27. The van der Waals surface area contributed by atoms with Gasteiger partial charge in [0.25, 0.3) is 10.0 Å². The fourth-order valence-electron chi connectivity index (χ4n) is 2.64. The topological polar surface area (TPSA) is 52.0 Å². The molecule has 0 atom stereocenters. The molecule has 6 heteroatoms. The van der Waals surface area contributed by atoms with Crippen LogP contribution in [-0.4, -0.2) is 17.4 Å². The smallest absolute Gasteiger partial charge is 0.231 e. The Hall–Kier alpha value is -1.85. The summed E-state index contributed by atoms with van der Waals surface area (Å²) in [4.78, 5) is 4.56. The van der Waals surface area contributed by atoms with E-state index in [0.29, 0.717) is 16.9 Å². The van der Waals surface area contributed by atoms with E-state index in [0.717, 1.165) is 5.56 Å². The van der Waals surface area contributed by atoms with Crippen LogP contribution in [-0.2, 0) is 21.3 Å². The molecule has 0 N–H and O–H groups in total. The van der Waals surface area contributed by atoms with Crippen LogP contribution in [0.3, 0.4) is 0 Å². The molecule has 0 saturated heterocycles. The number of nitrogens with zero attached hydrogens (tertiary/aromatic N) is 2. The maximum Gasteiger partial charge on any atom is 0.269 e. The molecule has 0 fully saturated rings. The second kappa shape index (κ2) is 5.90. The number of fused-ring (bicyclic) bond motifs is 1. The van der Waals surface area contributed by atoms with Crippen LogP contribution in [0.1, 0.15) is 32.2 Å². The number of hydrogen-bond donors (Lipinski definition) is 0. The summed E-state index contributed by atoms with van der Waals surface area (Å²) in [6, 6.07) is 14.1. The minimum absolute atomic E-state index is 0.0218. The molecule has 1 aromatic heterocycles. The molecule has 3 aromatic rings. The first-order chi connectivity index (χ1) is 11.2. The molecule has 2 aromatic carbocycles. The molecule has 24 heavy (non-hydrogen) atoms. The highest BCUT2D eigenvalue weighted by atomic mass is 35.5. The van der Waals surface area contributed by atoms with Gasteiger partial charge in [0, 0.05) is 0 Å². The molecule has 0 radical (unpaired) electrons. The van der Waals surface area contributed by atoms with Gasteiger partial charge in [-0.15, -0.1) is 11.6 Å². The normalized spacial score (nSPS) is 12.7. The van der Waals surface area contributed by atoms with Crippen molar-refractivity contribution in [1.29, 1.82) is 0 Å². The largest absolute Gasteiger partial charge is 0.269 e. The molecule has 0 aliphatic carbocycles. The van der Waals surface area contributed by atoms with Gasteiger partial charge in [-0.25, -0.2) is 17.4 Å². The molecule has 4 nitrogen and oxygen atoms in total. The molecule has 126 valence electrons. The van der Waals surface area contributed by atoms with E-state index in [2.05, 4.69) is 25.8 Å². The molecule has 0 amide bonds. The van der Waals surface area contributed by atoms with Crippen molar-refractivity contribution in [3.8, 4) is 0 Å². The average Bonchev–Trinajstić information content (AvgIpc) is 2.93. The van der Waals surface area contributed by atoms with Crippen LogP contribution in [0.4, 0.5) is 0 Å². The highest BCUT2D eigenvalue weighted by Gasteiger charge is 2.24. The lowest BCUT2D eigenvalue weighted by Gasteiger charge is -2.19. The van der Waals surface area contributed by atoms with Gasteiger partial charge in [0.05, 0.1) is 21.8 Å². The highest BCUT2D eigenvalue weighted by Crippen LogP contribution is 2.27. The molecule has 0 bridgehead atoms. The predicted octanol–water partition coefficient (Wildman–Crippen LogP) is 4.31. The van der Waals surface area contributed by atoms with Gasteiger partial charge in [0.2, 0.25) is 0 Å². The first-order valence-electron chi connectivity index (χ1n) is 7.63. The van der Waals surface area contributed by atoms with Gasteiger partial charge in [-0.05, 0) is 35.2 Å². The Morgan fingerprint density at radius 2 is 1.67 bits per heavy atom. The standard InChI is InChI=1S/C18H19ClN2O2S/c1-18(2,3)13-8-10-14(11-9-13)24(22,23)21-16-7-5-4-6-15(16)20-17(21)12-19/h4-11H,12H2,1-3H3. The molecule has 0 saturated carbocycles. The Morgan fingerprint density at radius 1 is 1.04 bits per heavy atom. The maximum absolute atomic E-state index is 13.1. The number of para-hydroxylation sites is 2. The number of halogens is 1. The monoisotopic (exact) mass is 362 g/mol. The van der Waals surface area contributed by atoms with Crippen molar-refractivity contribution in [2.45, 2.75) is 37.0 Å². The van der Waals surface area contributed by atoms with E-state index in [4.69, 9.17) is 11.6 Å². The second-order valence-corrected chi connectivity index (χ2v) is 8.75. The third-order valence-electron chi connectivity index (χ3n) is 3.96. The number of benzene rings is 2. The Labute approximate surface area is 147 Å². The van der Waals surface area contributed by atoms with Crippen molar-refractivity contribution in [1.82, 2.24) is 8.96 Å². The van der Waals surface area contributed by atoms with E-state index >= 15 is 0 Å². The van der Waals surface area contributed by atoms with Gasteiger partial charge < -0.3 is 0 Å². The van der Waals surface area contributed by atoms with Crippen LogP contribution in [0.5, 0.6) is 0 Å². The van der Waals surface area contributed by atoms with E-state index in [1.807, 2.05) is 18.2 Å². The molecule has 0 aliphatic rings. The molecule has 3 rings (SSSR count). The Bertz CT molecular complexity index is 984. The molecule has 0 unspecified atom stereocenters. The van der Waals surface area contributed by atoms with E-state index in [1.165, 1.54) is 3.97 Å². The fraction of sp³-hybridized carbons (Fsp3) is 0.278. The fourth-order valence-corrected chi connectivity index (χ4v) is 4.38. The summed E-state index contributed by atoms with van der Waals surface area (Å²) >= 11 is 5.93. The van der Waals surface area contributed by atoms with E-state index in [9.17, 15) is 8.42 Å². The number of imidazole rings is 1.